The third-order valence-electron chi connectivity index (χ3n) is 1.72. The first-order valence-corrected chi connectivity index (χ1v) is 3.94. The lowest BCUT2D eigenvalue weighted by molar-refractivity contribution is 0.0908. The molecule has 0 aliphatic heterocycles. The van der Waals surface area contributed by atoms with Gasteiger partial charge in [0, 0.05) is 0 Å². The van der Waals surface area contributed by atoms with Crippen LogP contribution in [0.3, 0.4) is 0 Å². The second kappa shape index (κ2) is 3.93. The van der Waals surface area contributed by atoms with Crippen LogP contribution in [-0.2, 0) is 0 Å². The minimum Gasteiger partial charge on any atom is -0.385 e. The van der Waals surface area contributed by atoms with E-state index in [2.05, 4.69) is 10.3 Å². The number of H-pyrrole nitrogens is 1. The van der Waals surface area contributed by atoms with E-state index >= 15 is 0 Å². The van der Waals surface area contributed by atoms with E-state index in [1.165, 1.54) is 6.07 Å². The average Bonchev–Trinajstić information content (AvgIpc) is 2.01. The number of aromatic amines is 1. The number of aromatic nitrogens is 1. The van der Waals surface area contributed by atoms with Gasteiger partial charge in [0.05, 0.1) is 0 Å². The number of aliphatic hydroxyl groups is 1. The summed E-state index contributed by atoms with van der Waals surface area (Å²) in [6, 6.07) is 1.48. The van der Waals surface area contributed by atoms with Crippen molar-refractivity contribution in [2.75, 3.05) is 12.5 Å². The highest BCUT2D eigenvalue weighted by atomic mass is 16.3. The van der Waals surface area contributed by atoms with E-state index in [0.29, 0.717) is 5.56 Å². The number of amides is 1. The van der Waals surface area contributed by atoms with Gasteiger partial charge in [-0.2, -0.15) is 0 Å². The third-order valence-corrected chi connectivity index (χ3v) is 1.72. The summed E-state index contributed by atoms with van der Waals surface area (Å²) in [5.74, 6) is -0.417. The average molecular weight is 197 g/mol. The van der Waals surface area contributed by atoms with Crippen LogP contribution in [0.25, 0.3) is 0 Å². The molecule has 6 nitrogen and oxygen atoms in total. The van der Waals surface area contributed by atoms with Crippen LogP contribution < -0.4 is 16.6 Å². The molecular formula is C8H11N3O3. The second-order valence-corrected chi connectivity index (χ2v) is 2.78. The van der Waals surface area contributed by atoms with Crippen molar-refractivity contribution in [3.63, 3.8) is 0 Å². The quantitative estimate of drug-likeness (QED) is 0.453. The van der Waals surface area contributed by atoms with Gasteiger partial charge in [-0.25, -0.2) is 0 Å². The normalized spacial score (nSPS) is 9.86. The number of aryl methyl sites for hydroxylation is 1. The lowest BCUT2D eigenvalue weighted by Gasteiger charge is -2.04. The van der Waals surface area contributed by atoms with Gasteiger partial charge in [0.2, 0.25) is 0 Å². The molecule has 1 aromatic heterocycles. The number of carbonyl (C=O) groups excluding carboxylic acids is 1. The zero-order chi connectivity index (χ0) is 10.7. The first-order chi connectivity index (χ1) is 6.56. The number of nitrogens with two attached hydrogens (primary N) is 1. The predicted octanol–water partition coefficient (Wildman–Crippen LogP) is -1.05. The van der Waals surface area contributed by atoms with Crippen LogP contribution in [0, 0.1) is 6.92 Å². The van der Waals surface area contributed by atoms with Crippen molar-refractivity contribution < 1.29 is 9.90 Å². The van der Waals surface area contributed by atoms with Crippen molar-refractivity contribution in [1.29, 1.82) is 0 Å². The van der Waals surface area contributed by atoms with E-state index in [9.17, 15) is 9.59 Å². The van der Waals surface area contributed by atoms with Crippen molar-refractivity contribution in [2.24, 2.45) is 0 Å². The fourth-order valence-electron chi connectivity index (χ4n) is 1.16. The number of hydrogen-bond acceptors (Lipinski definition) is 4. The molecule has 0 radical (unpaired) electrons. The van der Waals surface area contributed by atoms with Gasteiger partial charge >= 0.3 is 0 Å². The van der Waals surface area contributed by atoms with Gasteiger partial charge < -0.3 is 21.1 Å². The molecule has 1 rings (SSSR count). The Morgan fingerprint density at radius 1 is 1.71 bits per heavy atom. The van der Waals surface area contributed by atoms with E-state index in [1.54, 1.807) is 6.92 Å². The van der Waals surface area contributed by atoms with Crippen molar-refractivity contribution in [1.82, 2.24) is 10.3 Å². The summed E-state index contributed by atoms with van der Waals surface area (Å²) >= 11 is 0. The maximum Gasteiger partial charge on any atom is 0.262 e. The number of anilines is 1. The Balaban J connectivity index is 3.21. The molecule has 1 amide bonds. The summed E-state index contributed by atoms with van der Waals surface area (Å²) in [7, 11) is 0. The smallest absolute Gasteiger partial charge is 0.262 e. The molecule has 0 aliphatic carbocycles. The maximum atomic E-state index is 11.3. The van der Waals surface area contributed by atoms with Crippen LogP contribution in [0.5, 0.6) is 0 Å². The lowest BCUT2D eigenvalue weighted by atomic mass is 10.1. The fraction of sp³-hybridized carbons (Fsp3) is 0.250. The minimum absolute atomic E-state index is 0.0340. The van der Waals surface area contributed by atoms with Crippen molar-refractivity contribution in [3.05, 3.63) is 27.5 Å². The number of pyridine rings is 1. The predicted molar refractivity (Wildman–Crippen MR) is 50.8 cm³/mol. The van der Waals surface area contributed by atoms with Crippen LogP contribution in [0.2, 0.25) is 0 Å². The summed E-state index contributed by atoms with van der Waals surface area (Å²) in [4.78, 5) is 24.9. The first kappa shape index (κ1) is 10.3. The van der Waals surface area contributed by atoms with Gasteiger partial charge in [-0.05, 0) is 18.6 Å². The SMILES string of the molecule is Cc1cc(N)[nH]c(=O)c1C(=O)NCO. The molecule has 14 heavy (non-hydrogen) atoms. The Bertz CT molecular complexity index is 411. The van der Waals surface area contributed by atoms with Gasteiger partial charge in [0.15, 0.2) is 0 Å². The molecule has 0 fully saturated rings. The minimum atomic E-state index is -0.619. The van der Waals surface area contributed by atoms with Crippen LogP contribution in [-0.4, -0.2) is 22.7 Å². The summed E-state index contributed by atoms with van der Waals surface area (Å²) < 4.78 is 0. The van der Waals surface area contributed by atoms with Crippen molar-refractivity contribution in [2.45, 2.75) is 6.92 Å². The largest absolute Gasteiger partial charge is 0.385 e. The number of nitrogens with one attached hydrogen (secondary N) is 2. The summed E-state index contributed by atoms with van der Waals surface area (Å²) in [5.41, 5.74) is 5.24. The van der Waals surface area contributed by atoms with Crippen LogP contribution in [0.4, 0.5) is 5.82 Å². The van der Waals surface area contributed by atoms with Crippen LogP contribution in [0.1, 0.15) is 15.9 Å². The van der Waals surface area contributed by atoms with Gasteiger partial charge in [-0.15, -0.1) is 0 Å². The zero-order valence-electron chi connectivity index (χ0n) is 7.63. The fourth-order valence-corrected chi connectivity index (χ4v) is 1.16. The van der Waals surface area contributed by atoms with E-state index < -0.39 is 18.2 Å². The standard InChI is InChI=1S/C8H11N3O3/c1-4-2-5(9)11-8(14)6(4)7(13)10-3-12/h2,12H,3H2,1H3,(H,10,13)(H3,9,11,14). The Kier molecular flexibility index (Phi) is 2.88. The molecule has 1 aromatic rings. The van der Waals surface area contributed by atoms with Gasteiger partial charge in [-0.3, -0.25) is 9.59 Å². The number of rotatable bonds is 2. The molecule has 0 bridgehead atoms. The molecule has 1 heterocycles. The number of aliphatic hydroxyl groups excluding tert-OH is 1. The van der Waals surface area contributed by atoms with Crippen molar-refractivity contribution >= 4 is 11.7 Å². The Morgan fingerprint density at radius 2 is 2.36 bits per heavy atom. The highest BCUT2D eigenvalue weighted by molar-refractivity contribution is 5.95. The topological polar surface area (TPSA) is 108 Å². The Hall–Kier alpha value is -1.82. The second-order valence-electron chi connectivity index (χ2n) is 2.78. The molecule has 76 valence electrons. The highest BCUT2D eigenvalue weighted by Gasteiger charge is 2.13. The molecule has 0 aliphatic rings. The molecule has 0 unspecified atom stereocenters. The lowest BCUT2D eigenvalue weighted by Crippen LogP contribution is -2.31. The number of carbonyl (C=O) groups is 1. The summed E-state index contributed by atoms with van der Waals surface area (Å²) in [6.45, 7) is 1.08. The summed E-state index contributed by atoms with van der Waals surface area (Å²) in [6.07, 6.45) is 0. The van der Waals surface area contributed by atoms with Crippen molar-refractivity contribution in [3.8, 4) is 0 Å². The molecular weight excluding hydrogens is 186 g/mol. The summed E-state index contributed by atoms with van der Waals surface area (Å²) in [5, 5.41) is 10.6. The molecule has 5 N–H and O–H groups in total. The molecule has 0 saturated heterocycles. The molecule has 0 atom stereocenters. The van der Waals surface area contributed by atoms with E-state index in [1.807, 2.05) is 0 Å². The Labute approximate surface area is 79.8 Å². The van der Waals surface area contributed by atoms with Crippen LogP contribution in [0.15, 0.2) is 10.9 Å². The van der Waals surface area contributed by atoms with Gasteiger partial charge in [0.1, 0.15) is 18.1 Å². The molecule has 6 heteroatoms. The van der Waals surface area contributed by atoms with Crippen LogP contribution >= 0.6 is 0 Å². The zero-order valence-corrected chi connectivity index (χ0v) is 7.63. The monoisotopic (exact) mass is 197 g/mol. The highest BCUT2D eigenvalue weighted by Crippen LogP contribution is 2.04. The third kappa shape index (κ3) is 1.91. The first-order valence-electron chi connectivity index (χ1n) is 3.94. The molecule has 0 saturated carbocycles. The van der Waals surface area contributed by atoms with E-state index in [4.69, 9.17) is 10.8 Å². The molecule has 0 aromatic carbocycles. The van der Waals surface area contributed by atoms with Gasteiger partial charge in [-0.1, -0.05) is 0 Å². The van der Waals surface area contributed by atoms with Gasteiger partial charge in [0.25, 0.3) is 11.5 Å². The maximum absolute atomic E-state index is 11.3. The van der Waals surface area contributed by atoms with E-state index in [0.717, 1.165) is 0 Å². The number of nitrogen functional groups attached to an aromatic ring is 1. The number of hydrogen-bond donors (Lipinski definition) is 4. The van der Waals surface area contributed by atoms with E-state index in [-0.39, 0.29) is 11.4 Å². The molecule has 0 spiro atoms. The Morgan fingerprint density at radius 3 is 2.86 bits per heavy atom.